The Kier molecular flexibility index (Phi) is 4.31. The van der Waals surface area contributed by atoms with Crippen LogP contribution in [0.4, 0.5) is 21.9 Å². The summed E-state index contributed by atoms with van der Waals surface area (Å²) in [5, 5.41) is 7.72. The van der Waals surface area contributed by atoms with E-state index < -0.39 is 0 Å². The van der Waals surface area contributed by atoms with Crippen LogP contribution in [0.2, 0.25) is 0 Å². The Morgan fingerprint density at radius 1 is 1.20 bits per heavy atom. The Morgan fingerprint density at radius 3 is 2.80 bits per heavy atom. The summed E-state index contributed by atoms with van der Waals surface area (Å²) in [5.41, 5.74) is 4.15. The molecular weight excluding hydrogens is 336 g/mol. The zero-order valence-electron chi connectivity index (χ0n) is 14.1. The van der Waals surface area contributed by atoms with Crippen LogP contribution in [0.5, 0.6) is 0 Å². The normalized spacial score (nSPS) is 16.3. The van der Waals surface area contributed by atoms with E-state index in [0.29, 0.717) is 19.7 Å². The number of para-hydroxylation sites is 2. The molecule has 2 aromatic rings. The molecule has 130 valence electrons. The van der Waals surface area contributed by atoms with Crippen molar-refractivity contribution in [2.45, 2.75) is 6.92 Å². The van der Waals surface area contributed by atoms with E-state index in [1.807, 2.05) is 31.2 Å². The van der Waals surface area contributed by atoms with Crippen molar-refractivity contribution in [2.24, 2.45) is 4.99 Å². The van der Waals surface area contributed by atoms with Gasteiger partial charge in [-0.1, -0.05) is 12.1 Å². The SMILES string of the molecule is CCOC(=O)N1CCN(C2=Nc3ccccc3Nc3cscc32)CC1. The van der Waals surface area contributed by atoms with Crippen molar-refractivity contribution in [1.29, 1.82) is 0 Å². The molecule has 2 aliphatic heterocycles. The van der Waals surface area contributed by atoms with Crippen molar-refractivity contribution < 1.29 is 9.53 Å². The Labute approximate surface area is 150 Å². The molecule has 1 aromatic carbocycles. The number of nitrogens with zero attached hydrogens (tertiary/aromatic N) is 3. The van der Waals surface area contributed by atoms with Crippen LogP contribution in [0.15, 0.2) is 40.0 Å². The number of hydrogen-bond acceptors (Lipinski definition) is 6. The molecule has 0 unspecified atom stereocenters. The fourth-order valence-electron chi connectivity index (χ4n) is 3.12. The van der Waals surface area contributed by atoms with Crippen LogP contribution in [-0.4, -0.2) is 54.5 Å². The minimum atomic E-state index is -0.229. The van der Waals surface area contributed by atoms with Gasteiger partial charge in [-0.05, 0) is 19.1 Å². The number of aliphatic imine (C=N–C) groups is 1. The Balaban J connectivity index is 1.60. The number of anilines is 2. The van der Waals surface area contributed by atoms with Crippen molar-refractivity contribution >= 4 is 40.3 Å². The van der Waals surface area contributed by atoms with Gasteiger partial charge in [-0.3, -0.25) is 0 Å². The van der Waals surface area contributed by atoms with Gasteiger partial charge in [0.2, 0.25) is 0 Å². The van der Waals surface area contributed by atoms with Crippen molar-refractivity contribution in [1.82, 2.24) is 9.80 Å². The molecule has 0 saturated carbocycles. The highest BCUT2D eigenvalue weighted by molar-refractivity contribution is 7.08. The first-order valence-electron chi connectivity index (χ1n) is 8.44. The van der Waals surface area contributed by atoms with Gasteiger partial charge < -0.3 is 19.9 Å². The van der Waals surface area contributed by atoms with Gasteiger partial charge in [0.15, 0.2) is 0 Å². The van der Waals surface area contributed by atoms with Gasteiger partial charge in [0.05, 0.1) is 29.2 Å². The maximum Gasteiger partial charge on any atom is 0.409 e. The predicted octanol–water partition coefficient (Wildman–Crippen LogP) is 3.66. The lowest BCUT2D eigenvalue weighted by Gasteiger charge is -2.35. The van der Waals surface area contributed by atoms with Crippen LogP contribution < -0.4 is 5.32 Å². The zero-order chi connectivity index (χ0) is 17.2. The van der Waals surface area contributed by atoms with Gasteiger partial charge in [0.1, 0.15) is 5.84 Å². The van der Waals surface area contributed by atoms with E-state index in [1.165, 1.54) is 0 Å². The third kappa shape index (κ3) is 3.07. The van der Waals surface area contributed by atoms with E-state index in [2.05, 4.69) is 21.0 Å². The lowest BCUT2D eigenvalue weighted by atomic mass is 10.2. The van der Waals surface area contributed by atoms with Gasteiger partial charge >= 0.3 is 6.09 Å². The number of piperazine rings is 1. The highest BCUT2D eigenvalue weighted by Crippen LogP contribution is 2.36. The smallest absolute Gasteiger partial charge is 0.409 e. The van der Waals surface area contributed by atoms with Crippen molar-refractivity contribution in [3.05, 3.63) is 40.6 Å². The summed E-state index contributed by atoms with van der Waals surface area (Å²) in [6.45, 7) is 5.02. The summed E-state index contributed by atoms with van der Waals surface area (Å²) in [4.78, 5) is 20.9. The fourth-order valence-corrected chi connectivity index (χ4v) is 3.88. The van der Waals surface area contributed by atoms with E-state index in [4.69, 9.17) is 9.73 Å². The Morgan fingerprint density at radius 2 is 2.00 bits per heavy atom. The third-order valence-corrected chi connectivity index (χ3v) is 5.15. The number of nitrogens with one attached hydrogen (secondary N) is 1. The fraction of sp³-hybridized carbons (Fsp3) is 0.333. The van der Waals surface area contributed by atoms with Gasteiger partial charge in [-0.15, -0.1) is 11.3 Å². The summed E-state index contributed by atoms with van der Waals surface area (Å²) in [7, 11) is 0. The quantitative estimate of drug-likeness (QED) is 0.847. The van der Waals surface area contributed by atoms with Crippen molar-refractivity contribution in [3.8, 4) is 0 Å². The molecule has 6 nitrogen and oxygen atoms in total. The molecule has 25 heavy (non-hydrogen) atoms. The van der Waals surface area contributed by atoms with Gasteiger partial charge in [0.25, 0.3) is 0 Å². The number of amides is 1. The second kappa shape index (κ2) is 6.76. The maximum absolute atomic E-state index is 11.9. The van der Waals surface area contributed by atoms with Gasteiger partial charge in [-0.25, -0.2) is 9.79 Å². The summed E-state index contributed by atoms with van der Waals surface area (Å²) in [5.74, 6) is 0.970. The molecule has 0 atom stereocenters. The molecular formula is C18H20N4O2S. The molecule has 2 aliphatic rings. The number of benzene rings is 1. The van der Waals surface area contributed by atoms with Crippen LogP contribution in [0.3, 0.4) is 0 Å². The predicted molar refractivity (Wildman–Crippen MR) is 100 cm³/mol. The van der Waals surface area contributed by atoms with Crippen LogP contribution in [0.25, 0.3) is 0 Å². The molecule has 1 saturated heterocycles. The Hall–Kier alpha value is -2.54. The van der Waals surface area contributed by atoms with Crippen LogP contribution in [0, 0.1) is 0 Å². The van der Waals surface area contributed by atoms with Crippen LogP contribution in [0.1, 0.15) is 12.5 Å². The van der Waals surface area contributed by atoms with Crippen molar-refractivity contribution in [2.75, 3.05) is 38.1 Å². The molecule has 1 N–H and O–H groups in total. The van der Waals surface area contributed by atoms with E-state index in [9.17, 15) is 4.79 Å². The highest BCUT2D eigenvalue weighted by Gasteiger charge is 2.27. The van der Waals surface area contributed by atoms with E-state index in [-0.39, 0.29) is 6.09 Å². The lowest BCUT2D eigenvalue weighted by Crippen LogP contribution is -2.50. The van der Waals surface area contributed by atoms with E-state index in [0.717, 1.165) is 41.6 Å². The number of rotatable bonds is 1. The summed E-state index contributed by atoms with van der Waals surface area (Å²) >= 11 is 1.66. The summed E-state index contributed by atoms with van der Waals surface area (Å²) < 4.78 is 5.10. The summed E-state index contributed by atoms with van der Waals surface area (Å²) in [6.07, 6.45) is -0.229. The second-order valence-electron chi connectivity index (χ2n) is 5.95. The standard InChI is InChI=1S/C18H20N4O2S/c1-2-24-18(23)22-9-7-21(8-10-22)17-13-11-25-12-16(13)19-14-5-3-4-6-15(14)20-17/h3-6,11-12,19H,2,7-10H2,1H3. The second-order valence-corrected chi connectivity index (χ2v) is 6.69. The van der Waals surface area contributed by atoms with Crippen LogP contribution >= 0.6 is 11.3 Å². The molecule has 1 aromatic heterocycles. The summed E-state index contributed by atoms with van der Waals surface area (Å²) in [6, 6.07) is 8.07. The lowest BCUT2D eigenvalue weighted by molar-refractivity contribution is 0.0921. The number of carbonyl (C=O) groups is 1. The molecule has 0 aliphatic carbocycles. The number of ether oxygens (including phenoxy) is 1. The molecule has 7 heteroatoms. The highest BCUT2D eigenvalue weighted by atomic mass is 32.1. The third-order valence-electron chi connectivity index (χ3n) is 4.41. The molecule has 1 fully saturated rings. The molecule has 0 spiro atoms. The topological polar surface area (TPSA) is 57.2 Å². The zero-order valence-corrected chi connectivity index (χ0v) is 14.9. The number of thiophene rings is 1. The number of hydrogen-bond donors (Lipinski definition) is 1. The number of amidine groups is 1. The molecule has 0 bridgehead atoms. The average Bonchev–Trinajstić information content (AvgIpc) is 3.03. The van der Waals surface area contributed by atoms with Gasteiger partial charge in [0, 0.05) is 36.9 Å². The average molecular weight is 356 g/mol. The first kappa shape index (κ1) is 16.0. The monoisotopic (exact) mass is 356 g/mol. The van der Waals surface area contributed by atoms with E-state index >= 15 is 0 Å². The molecule has 4 rings (SSSR count). The molecule has 3 heterocycles. The first-order valence-corrected chi connectivity index (χ1v) is 9.38. The molecule has 1 amide bonds. The maximum atomic E-state index is 11.9. The number of carbonyl (C=O) groups excluding carboxylic acids is 1. The first-order chi connectivity index (χ1) is 12.3. The molecule has 0 radical (unpaired) electrons. The van der Waals surface area contributed by atoms with Gasteiger partial charge in [-0.2, -0.15) is 0 Å². The largest absolute Gasteiger partial charge is 0.450 e. The van der Waals surface area contributed by atoms with E-state index in [1.54, 1.807) is 16.2 Å². The minimum Gasteiger partial charge on any atom is -0.450 e. The Bertz CT molecular complexity index is 809. The van der Waals surface area contributed by atoms with Crippen molar-refractivity contribution in [3.63, 3.8) is 0 Å². The number of fused-ring (bicyclic) bond motifs is 2. The minimum absolute atomic E-state index is 0.229. The van der Waals surface area contributed by atoms with Crippen LogP contribution in [-0.2, 0) is 4.74 Å².